The van der Waals surface area contributed by atoms with Gasteiger partial charge in [-0.3, -0.25) is 0 Å². The number of benzene rings is 1. The van der Waals surface area contributed by atoms with E-state index in [2.05, 4.69) is 0 Å². The van der Waals surface area contributed by atoms with Gasteiger partial charge >= 0.3 is 0 Å². The lowest BCUT2D eigenvalue weighted by molar-refractivity contribution is 0.0394. The van der Waals surface area contributed by atoms with Gasteiger partial charge in [0.05, 0.1) is 26.4 Å². The number of hydrogen-bond acceptors (Lipinski definition) is 4. The molecule has 1 aromatic rings. The molecule has 0 bridgehead atoms. The summed E-state index contributed by atoms with van der Waals surface area (Å²) in [5.74, 6) is 1.20. The summed E-state index contributed by atoms with van der Waals surface area (Å²) in [4.78, 5) is 0. The van der Waals surface area contributed by atoms with Gasteiger partial charge in [0.1, 0.15) is 0 Å². The van der Waals surface area contributed by atoms with Gasteiger partial charge in [-0.25, -0.2) is 0 Å². The lowest BCUT2D eigenvalue weighted by atomic mass is 9.82. The molecule has 3 N–H and O–H groups in total. The second-order valence-electron chi connectivity index (χ2n) is 5.42. The molecular formula is C14H24ClNO3. The van der Waals surface area contributed by atoms with Crippen LogP contribution >= 0.6 is 12.4 Å². The Kier molecular flexibility index (Phi) is 6.63. The molecule has 0 aliphatic rings. The van der Waals surface area contributed by atoms with E-state index in [9.17, 15) is 5.11 Å². The Bertz CT molecular complexity index is 404. The number of hydrogen-bond donors (Lipinski definition) is 2. The third kappa shape index (κ3) is 4.00. The van der Waals surface area contributed by atoms with Gasteiger partial charge in [-0.2, -0.15) is 0 Å². The highest BCUT2D eigenvalue weighted by Gasteiger charge is 2.31. The summed E-state index contributed by atoms with van der Waals surface area (Å²) in [6, 6.07) is 4.97. The fourth-order valence-corrected chi connectivity index (χ4v) is 1.88. The fraction of sp³-hybridized carbons (Fsp3) is 0.571. The molecule has 0 saturated carbocycles. The van der Waals surface area contributed by atoms with Gasteiger partial charge in [0.25, 0.3) is 0 Å². The zero-order valence-electron chi connectivity index (χ0n) is 12.1. The van der Waals surface area contributed by atoms with Gasteiger partial charge in [0.2, 0.25) is 0 Å². The second-order valence-corrected chi connectivity index (χ2v) is 5.42. The maximum Gasteiger partial charge on any atom is 0.165 e. The molecule has 0 saturated heterocycles. The zero-order chi connectivity index (χ0) is 13.9. The number of aliphatic hydroxyl groups is 1. The van der Waals surface area contributed by atoms with Crippen LogP contribution in [0.4, 0.5) is 0 Å². The standard InChI is InChI=1S/C14H23NO3.ClH/c1-14(2,3)13(16)11(15)9-7-6-8-10(17-4)12(9)18-5;/h6-8,11,13,16H,15H2,1-5H3;1H/t11-,13-;/m0./s1. The Morgan fingerprint density at radius 1 is 1.16 bits per heavy atom. The van der Waals surface area contributed by atoms with Crippen molar-refractivity contribution in [2.75, 3.05) is 14.2 Å². The van der Waals surface area contributed by atoms with Crippen molar-refractivity contribution in [1.82, 2.24) is 0 Å². The van der Waals surface area contributed by atoms with Gasteiger partial charge in [-0.15, -0.1) is 12.4 Å². The van der Waals surface area contributed by atoms with Crippen molar-refractivity contribution < 1.29 is 14.6 Å². The molecule has 0 heterocycles. The molecular weight excluding hydrogens is 266 g/mol. The van der Waals surface area contributed by atoms with E-state index in [-0.39, 0.29) is 17.8 Å². The number of rotatable bonds is 4. The van der Waals surface area contributed by atoms with E-state index in [4.69, 9.17) is 15.2 Å². The van der Waals surface area contributed by atoms with Crippen LogP contribution in [0.1, 0.15) is 32.4 Å². The summed E-state index contributed by atoms with van der Waals surface area (Å²) >= 11 is 0. The number of aliphatic hydroxyl groups excluding tert-OH is 1. The van der Waals surface area contributed by atoms with Crippen molar-refractivity contribution in [1.29, 1.82) is 0 Å². The van der Waals surface area contributed by atoms with Gasteiger partial charge in [-0.1, -0.05) is 32.9 Å². The number of nitrogens with two attached hydrogens (primary N) is 1. The molecule has 0 aliphatic heterocycles. The Hall–Kier alpha value is -0.970. The normalized spacial score (nSPS) is 14.3. The van der Waals surface area contributed by atoms with E-state index in [1.54, 1.807) is 20.3 Å². The van der Waals surface area contributed by atoms with Gasteiger partial charge in [0, 0.05) is 5.56 Å². The number of methoxy groups -OCH3 is 2. The summed E-state index contributed by atoms with van der Waals surface area (Å²) < 4.78 is 10.6. The van der Waals surface area contributed by atoms with Crippen LogP contribution in [-0.2, 0) is 0 Å². The summed E-state index contributed by atoms with van der Waals surface area (Å²) in [5.41, 5.74) is 6.59. The highest BCUT2D eigenvalue weighted by molar-refractivity contribution is 5.85. The Morgan fingerprint density at radius 3 is 2.16 bits per heavy atom. The maximum absolute atomic E-state index is 10.3. The smallest absolute Gasteiger partial charge is 0.165 e. The third-order valence-corrected chi connectivity index (χ3v) is 3.02. The van der Waals surface area contributed by atoms with E-state index < -0.39 is 12.1 Å². The van der Waals surface area contributed by atoms with Crippen LogP contribution in [0.5, 0.6) is 11.5 Å². The number of para-hydroxylation sites is 1. The first-order valence-electron chi connectivity index (χ1n) is 5.97. The van der Waals surface area contributed by atoms with Crippen molar-refractivity contribution in [2.24, 2.45) is 11.1 Å². The van der Waals surface area contributed by atoms with Gasteiger partial charge in [0.15, 0.2) is 11.5 Å². The van der Waals surface area contributed by atoms with Crippen LogP contribution in [-0.4, -0.2) is 25.4 Å². The molecule has 0 radical (unpaired) electrons. The lowest BCUT2D eigenvalue weighted by Gasteiger charge is -2.31. The van der Waals surface area contributed by atoms with Crippen LogP contribution < -0.4 is 15.2 Å². The van der Waals surface area contributed by atoms with E-state index >= 15 is 0 Å². The summed E-state index contributed by atoms with van der Waals surface area (Å²) in [5, 5.41) is 10.3. The van der Waals surface area contributed by atoms with Crippen LogP contribution in [0, 0.1) is 5.41 Å². The van der Waals surface area contributed by atoms with Crippen LogP contribution in [0.2, 0.25) is 0 Å². The molecule has 5 heteroatoms. The topological polar surface area (TPSA) is 64.7 Å². The first-order valence-corrected chi connectivity index (χ1v) is 5.97. The van der Waals surface area contributed by atoms with Gasteiger partial charge < -0.3 is 20.3 Å². The maximum atomic E-state index is 10.3. The molecule has 0 amide bonds. The second kappa shape index (κ2) is 6.98. The molecule has 4 nitrogen and oxygen atoms in total. The quantitative estimate of drug-likeness (QED) is 0.894. The molecule has 0 spiro atoms. The minimum absolute atomic E-state index is 0. The molecule has 2 atom stereocenters. The van der Waals surface area contributed by atoms with E-state index in [0.29, 0.717) is 11.5 Å². The fourth-order valence-electron chi connectivity index (χ4n) is 1.88. The zero-order valence-corrected chi connectivity index (χ0v) is 13.0. The SMILES string of the molecule is COc1cccc([C@H](N)[C@H](O)C(C)(C)C)c1OC.Cl. The van der Waals surface area contributed by atoms with Crippen LogP contribution in [0.3, 0.4) is 0 Å². The van der Waals surface area contributed by atoms with Gasteiger partial charge in [-0.05, 0) is 11.5 Å². The highest BCUT2D eigenvalue weighted by atomic mass is 35.5. The molecule has 0 aromatic heterocycles. The summed E-state index contributed by atoms with van der Waals surface area (Å²) in [7, 11) is 3.14. The summed E-state index contributed by atoms with van der Waals surface area (Å²) in [6.45, 7) is 5.85. The Balaban J connectivity index is 0.00000324. The molecule has 0 fully saturated rings. The highest BCUT2D eigenvalue weighted by Crippen LogP contribution is 2.37. The first-order chi connectivity index (χ1) is 8.32. The van der Waals surface area contributed by atoms with E-state index in [1.807, 2.05) is 32.9 Å². The number of ether oxygens (including phenoxy) is 2. The van der Waals surface area contributed by atoms with E-state index in [0.717, 1.165) is 5.56 Å². The average Bonchev–Trinajstić information content (AvgIpc) is 2.34. The molecule has 1 aromatic carbocycles. The Morgan fingerprint density at radius 2 is 1.74 bits per heavy atom. The van der Waals surface area contributed by atoms with Crippen molar-refractivity contribution in [2.45, 2.75) is 32.9 Å². The largest absolute Gasteiger partial charge is 0.493 e. The minimum atomic E-state index is -0.668. The molecule has 0 aliphatic carbocycles. The minimum Gasteiger partial charge on any atom is -0.493 e. The van der Waals surface area contributed by atoms with Crippen molar-refractivity contribution in [3.8, 4) is 11.5 Å². The van der Waals surface area contributed by atoms with Crippen LogP contribution in [0.25, 0.3) is 0 Å². The first kappa shape index (κ1) is 18.0. The average molecular weight is 290 g/mol. The third-order valence-electron chi connectivity index (χ3n) is 3.02. The molecule has 0 unspecified atom stereocenters. The van der Waals surface area contributed by atoms with Crippen molar-refractivity contribution in [3.63, 3.8) is 0 Å². The molecule has 1 rings (SSSR count). The van der Waals surface area contributed by atoms with Crippen LogP contribution in [0.15, 0.2) is 18.2 Å². The Labute approximate surface area is 121 Å². The number of halogens is 1. The lowest BCUT2D eigenvalue weighted by Crippen LogP contribution is -2.37. The van der Waals surface area contributed by atoms with E-state index in [1.165, 1.54) is 0 Å². The summed E-state index contributed by atoms with van der Waals surface area (Å²) in [6.07, 6.45) is -0.668. The molecule has 110 valence electrons. The monoisotopic (exact) mass is 289 g/mol. The van der Waals surface area contributed by atoms with Crippen molar-refractivity contribution >= 4 is 12.4 Å². The van der Waals surface area contributed by atoms with Crippen molar-refractivity contribution in [3.05, 3.63) is 23.8 Å². The predicted octanol–water partition coefficient (Wildman–Crippen LogP) is 2.53. The predicted molar refractivity (Wildman–Crippen MR) is 79.2 cm³/mol. The molecule has 19 heavy (non-hydrogen) atoms.